The normalized spacial score (nSPS) is 12.0. The summed E-state index contributed by atoms with van der Waals surface area (Å²) in [7, 11) is 150. The molecule has 88 heavy (non-hydrogen) atoms. The van der Waals surface area contributed by atoms with Crippen molar-refractivity contribution in [3.05, 3.63) is 0 Å². The van der Waals surface area contributed by atoms with Gasteiger partial charge in [-0.3, -0.25) is 0 Å². The van der Waals surface area contributed by atoms with Gasteiger partial charge in [0.15, 0.2) is 0 Å². The molecule has 0 bridgehead atoms. The molecule has 0 aliphatic heterocycles. The molecule has 0 aliphatic carbocycles. The molecule has 0 aliphatic rings. The number of rotatable bonds is 83. The Hall–Kier alpha value is 29.8. The van der Waals surface area contributed by atoms with E-state index in [1.807, 2.05) is 649 Å². The summed E-state index contributed by atoms with van der Waals surface area (Å²) >= 11 is 14.5. The van der Waals surface area contributed by atoms with E-state index in [0.717, 1.165) is 0 Å². The van der Waals surface area contributed by atoms with Gasteiger partial charge in [-0.25, -0.2) is 0 Å². The molecular weight excluding hydrogens is 2790 g/mol. The van der Waals surface area contributed by atoms with E-state index in [0.29, 0.717) is 0 Å². The first-order valence-corrected chi connectivity index (χ1v) is 129. The summed E-state index contributed by atoms with van der Waals surface area (Å²) < 4.78 is 5.12. The molecule has 0 amide bonds. The molecule has 0 rings (SSSR count). The van der Waals surface area contributed by atoms with Crippen LogP contribution in [0, 0.1) is 0 Å². The van der Waals surface area contributed by atoms with Crippen molar-refractivity contribution in [3.8, 4) is 0 Å². The molecule has 530 valence electrons. The lowest BCUT2D eigenvalue weighted by molar-refractivity contribution is 0.491. The summed E-state index contributed by atoms with van der Waals surface area (Å²) in [6.07, 6.45) is 0. The minimum Gasteiger partial charge on any atom is -0.305 e. The zero-order chi connectivity index (χ0) is 63.2. The van der Waals surface area contributed by atoms with Gasteiger partial charge in [-0.05, 0) is 101 Å². The molecule has 0 saturated heterocycles. The van der Waals surface area contributed by atoms with Gasteiger partial charge in [0, 0.05) is 727 Å². The fraction of sp³-hybridized carbons (Fsp3) is 1.00. The molecule has 1 nitrogen and oxygen atoms in total. The maximum Gasteiger partial charge on any atom is 0.0817 e. The van der Waals surface area contributed by atoms with E-state index >= 15 is 0 Å². The van der Waals surface area contributed by atoms with E-state index in [1.165, 1.54) is 19.7 Å². The molecule has 0 N–H and O–H groups in total. The summed E-state index contributed by atoms with van der Waals surface area (Å²) in [5.74, 6) is 0. The third kappa shape index (κ3) is 112. The van der Waals surface area contributed by atoms with Crippen LogP contribution in [0.15, 0.2) is 0 Å². The molecule has 0 heterocycles. The highest BCUT2D eigenvalue weighted by Gasteiger charge is 2.08. The van der Waals surface area contributed by atoms with Crippen molar-refractivity contribution in [1.29, 1.82) is 0 Å². The first kappa shape index (κ1) is 118. The Balaban J connectivity index is 3.09. The predicted molar refractivity (Wildman–Crippen MR) is 661 cm³/mol. The number of hydrogen-bond acceptors (Lipinski definition) is 86. The van der Waals surface area contributed by atoms with Crippen molar-refractivity contribution in [1.82, 2.24) is 0 Å². The molecule has 0 saturated carbocycles. The largest absolute Gasteiger partial charge is 0.305 e. The van der Waals surface area contributed by atoms with Crippen LogP contribution < -0.4 is 0 Å². The Morgan fingerprint density at radius 3 is 0.318 bits per heavy atom. The van der Waals surface area contributed by atoms with Gasteiger partial charge in [-0.15, -0.1) is 0 Å². The monoisotopic (exact) mass is 2780 g/mol. The maximum atomic E-state index is 5.18. The van der Waals surface area contributed by atoms with Gasteiger partial charge in [0.05, 0.1) is 13.6 Å². The lowest BCUT2D eigenvalue weighted by atomic mass is 11.8. The van der Waals surface area contributed by atoms with Crippen LogP contribution >= 0.6 is 817 Å². The van der Waals surface area contributed by atoms with E-state index in [9.17, 15) is 0 Å². The molecule has 0 radical (unpaired) electrons. The highest BCUT2D eigenvalue weighted by molar-refractivity contribution is 9.67. The average molecular weight is 2790 g/mol. The van der Waals surface area contributed by atoms with Gasteiger partial charge in [-0.2, -0.15) is 0 Å². The van der Waals surface area contributed by atoms with Crippen LogP contribution in [0.25, 0.3) is 0 Å². The van der Waals surface area contributed by atoms with Crippen molar-refractivity contribution in [2.45, 2.75) is 0 Å². The third-order valence-corrected chi connectivity index (χ3v) is 190. The highest BCUT2D eigenvalue weighted by atomic mass is 34.1. The lowest BCUT2D eigenvalue weighted by Gasteiger charge is -2.03. The molecule has 0 fully saturated rings. The van der Waals surface area contributed by atoms with Crippen LogP contribution in [0.1, 0.15) is 0 Å². The first-order chi connectivity index (χ1) is 43.6. The predicted octanol–water partition coefficient (Wildman–Crippen LogP) is 53.6. The summed E-state index contributed by atoms with van der Waals surface area (Å²) in [4.78, 5) is 0. The van der Waals surface area contributed by atoms with Crippen LogP contribution in [0.3, 0.4) is 0 Å². The maximum absolute atomic E-state index is 5.18. The Kier molecular flexibility index (Phi) is 149. The van der Waals surface area contributed by atoms with Gasteiger partial charge < -0.3 is 4.18 Å². The van der Waals surface area contributed by atoms with Crippen LogP contribution in [-0.4, -0.2) is 7.11 Å². The lowest BCUT2D eigenvalue weighted by Crippen LogP contribution is -1.87. The Labute approximate surface area is 833 Å². The van der Waals surface area contributed by atoms with Crippen molar-refractivity contribution >= 4 is 846 Å². The SMILES string of the molecule is COS(=S)(=S)SSSSSSSSSSSSSSSSSSSSSSSSSSSSSSSSSSSSSSSSSSSSSSSSSSSSSSSSSSSSSSSSSSSSSSSSSSSSSSSSSSS. The van der Waals surface area contributed by atoms with Gasteiger partial charge in [0.1, 0.15) is 0 Å². The molecule has 0 atom stereocenters. The summed E-state index contributed by atoms with van der Waals surface area (Å²) in [6, 6.07) is 0. The van der Waals surface area contributed by atoms with Crippen molar-refractivity contribution in [3.63, 3.8) is 0 Å². The van der Waals surface area contributed by atoms with Gasteiger partial charge >= 0.3 is 0 Å². The fourth-order valence-electron chi connectivity index (χ4n) is 0.970. The number of hydrogen-bond donors (Lipinski definition) is 1. The van der Waals surface area contributed by atoms with Crippen LogP contribution in [0.5, 0.6) is 0 Å². The summed E-state index contributed by atoms with van der Waals surface area (Å²) in [6.45, 7) is -1.81. The molecule has 0 aromatic carbocycles. The van der Waals surface area contributed by atoms with Crippen molar-refractivity contribution in [2.75, 3.05) is 7.11 Å². The Bertz CT molecular complexity index is 1290. The summed E-state index contributed by atoms with van der Waals surface area (Å²) in [5, 5.41) is 0. The molecule has 0 aromatic heterocycles. The van der Waals surface area contributed by atoms with Gasteiger partial charge in [0.2, 0.25) is 0 Å². The Morgan fingerprint density at radius 2 is 0.239 bits per heavy atom. The molecule has 0 aromatic rings. The first-order valence-electron chi connectivity index (χ1n) is 14.8. The quantitative estimate of drug-likeness (QED) is 0.0352. The second-order valence-electron chi connectivity index (χ2n) is 6.16. The van der Waals surface area contributed by atoms with Crippen LogP contribution in [0.4, 0.5) is 0 Å². The Morgan fingerprint density at radius 1 is 0.159 bits per heavy atom. The van der Waals surface area contributed by atoms with E-state index in [2.05, 4.69) is 11.7 Å². The van der Waals surface area contributed by atoms with Gasteiger partial charge in [0.25, 0.3) is 0 Å². The van der Waals surface area contributed by atoms with E-state index in [1.54, 1.807) is 145 Å². The molecule has 0 spiro atoms. The van der Waals surface area contributed by atoms with E-state index < -0.39 is 6.46 Å². The second-order valence-corrected chi connectivity index (χ2v) is 159. The van der Waals surface area contributed by atoms with E-state index in [4.69, 9.17) is 26.6 Å². The molecule has 87 heteroatoms. The topological polar surface area (TPSA) is 9.23 Å². The highest BCUT2D eigenvalue weighted by Crippen LogP contribution is 2.72. The third-order valence-electron chi connectivity index (χ3n) is 2.54. The molecule has 0 unspecified atom stereocenters. The fourth-order valence-corrected chi connectivity index (χ4v) is 228. The van der Waals surface area contributed by atoms with E-state index in [-0.39, 0.29) is 0 Å². The standard InChI is InChI=1S/CH4OS86/c1-2-88(4,5)87-86-85-84-83-82-81-80-79-78-77-76-75-74-73-72-71-70-69-68-67-66-65-64-63-62-61-60-59-58-57-56-55-54-53-52-51-50-49-48-47-46-45-44-43-42-41-40-39-38-37-36-35-34-33-32-31-30-29-28-27-26-25-24-23-22-21-20-19-18-17-16-15-14-13-12-11-10-9-8-7-6-3/h3H,1H3. The van der Waals surface area contributed by atoms with Crippen molar-refractivity contribution < 1.29 is 4.18 Å². The number of thiol groups is 1. The zero-order valence-corrected chi connectivity index (χ0v) is 107. The molecular formula is CH4OS86. The minimum atomic E-state index is -1.81. The average Bonchev–Trinajstić information content (AvgIpc) is 3.56. The van der Waals surface area contributed by atoms with Crippen LogP contribution in [0.2, 0.25) is 0 Å². The van der Waals surface area contributed by atoms with Crippen molar-refractivity contribution in [2.24, 2.45) is 0 Å². The smallest absolute Gasteiger partial charge is 0.0817 e. The zero-order valence-electron chi connectivity index (χ0n) is 36.6. The van der Waals surface area contributed by atoms with Crippen LogP contribution in [-0.2, 0) is 33.0 Å². The second kappa shape index (κ2) is 111. The minimum absolute atomic E-state index is 1.46. The van der Waals surface area contributed by atoms with Gasteiger partial charge in [-0.1, -0.05) is 11.7 Å². The summed E-state index contributed by atoms with van der Waals surface area (Å²) in [5.41, 5.74) is 0.